The summed E-state index contributed by atoms with van der Waals surface area (Å²) in [5, 5.41) is 35.2. The lowest BCUT2D eigenvalue weighted by atomic mass is 9.83. The molecule has 1 saturated carbocycles. The summed E-state index contributed by atoms with van der Waals surface area (Å²) < 4.78 is 29.8. The number of thiazole rings is 1. The van der Waals surface area contributed by atoms with Crippen molar-refractivity contribution < 1.29 is 33.5 Å². The van der Waals surface area contributed by atoms with Gasteiger partial charge in [0.05, 0.1) is 40.2 Å². The van der Waals surface area contributed by atoms with E-state index in [1.807, 2.05) is 81.7 Å². The van der Waals surface area contributed by atoms with Crippen molar-refractivity contribution in [1.29, 1.82) is 0 Å². The molecule has 13 rings (SSSR count). The van der Waals surface area contributed by atoms with Gasteiger partial charge in [0.15, 0.2) is 17.4 Å². The number of fused-ring (bicyclic) bond motifs is 4. The van der Waals surface area contributed by atoms with Gasteiger partial charge in [-0.15, -0.1) is 11.3 Å². The van der Waals surface area contributed by atoms with E-state index >= 15 is 4.39 Å². The van der Waals surface area contributed by atoms with Crippen LogP contribution in [0.25, 0.3) is 43.4 Å². The maximum Gasteiger partial charge on any atom is 0.319 e. The van der Waals surface area contributed by atoms with Crippen molar-refractivity contribution in [2.75, 3.05) is 68.8 Å². The van der Waals surface area contributed by atoms with Crippen LogP contribution in [0.15, 0.2) is 76.9 Å². The zero-order chi connectivity index (χ0) is 57.3. The number of pyridine rings is 1. The quantitative estimate of drug-likeness (QED) is 0.0633. The van der Waals surface area contributed by atoms with Crippen LogP contribution in [-0.4, -0.2) is 140 Å². The molecule has 4 N–H and O–H groups in total. The second kappa shape index (κ2) is 22.7. The summed E-state index contributed by atoms with van der Waals surface area (Å²) in [7, 11) is 0. The van der Waals surface area contributed by atoms with Gasteiger partial charge < -0.3 is 49.7 Å². The summed E-state index contributed by atoms with van der Waals surface area (Å²) in [4.78, 5) is 57.0. The number of phenols is 1. The van der Waals surface area contributed by atoms with Crippen molar-refractivity contribution in [3.8, 4) is 33.5 Å². The number of aliphatic hydroxyl groups excluding tert-OH is 1. The number of nitrogens with zero attached hydrogens (tertiary/aromatic N) is 9. The molecular weight excluding hydrogens is 1070 g/mol. The molecule has 0 spiro atoms. The van der Waals surface area contributed by atoms with Crippen LogP contribution in [0.3, 0.4) is 0 Å². The van der Waals surface area contributed by atoms with Crippen molar-refractivity contribution in [2.24, 2.45) is 23.2 Å². The maximum absolute atomic E-state index is 17.3. The zero-order valence-electron chi connectivity index (χ0n) is 48.2. The Balaban J connectivity index is 0.609. The average Bonchev–Trinajstić information content (AvgIpc) is 3.64. The molecule has 7 aromatic rings. The lowest BCUT2D eigenvalue weighted by Crippen LogP contribution is -2.51. The highest BCUT2D eigenvalue weighted by atomic mass is 32.1. The Hall–Kier alpha value is -6.80. The number of likely N-dealkylation sites (tertiary alicyclic amines) is 2. The predicted octanol–water partition coefficient (Wildman–Crippen LogP) is 9.59. The number of nitrogens with one attached hydrogen (secondary N) is 2. The molecule has 6 fully saturated rings. The number of aliphatic hydroxyl groups is 1. The average molecular weight is 1150 g/mol. The number of benzene rings is 3. The topological polar surface area (TPSA) is 198 Å². The summed E-state index contributed by atoms with van der Waals surface area (Å²) in [6.07, 6.45) is 9.52. The van der Waals surface area contributed by atoms with E-state index in [1.165, 1.54) is 4.90 Å². The van der Waals surface area contributed by atoms with Crippen molar-refractivity contribution in [3.05, 3.63) is 101 Å². The van der Waals surface area contributed by atoms with E-state index in [0.29, 0.717) is 53.1 Å². The number of carbonyl (C=O) groups excluding carboxylic acids is 2. The third-order valence-electron chi connectivity index (χ3n) is 18.9. The molecule has 83 heavy (non-hydrogen) atoms. The Kier molecular flexibility index (Phi) is 15.1. The highest BCUT2D eigenvalue weighted by molar-refractivity contribution is 7.13. The Morgan fingerprint density at radius 1 is 0.940 bits per heavy atom. The first-order chi connectivity index (χ1) is 40.2. The second-order valence-electron chi connectivity index (χ2n) is 25.3. The fourth-order valence-corrected chi connectivity index (χ4v) is 14.9. The number of halogens is 1. The van der Waals surface area contributed by atoms with E-state index in [-0.39, 0.29) is 65.1 Å². The lowest BCUT2D eigenvalue weighted by molar-refractivity contribution is -0.141. The van der Waals surface area contributed by atoms with E-state index in [2.05, 4.69) is 42.4 Å². The molecule has 6 aliphatic rings. The number of phenolic OH excluding ortho intramolecular Hbond substituents is 1. The van der Waals surface area contributed by atoms with Crippen LogP contribution in [0.5, 0.6) is 11.8 Å². The van der Waals surface area contributed by atoms with Crippen molar-refractivity contribution in [1.82, 2.24) is 45.5 Å². The third-order valence-corrected chi connectivity index (χ3v) is 19.9. The van der Waals surface area contributed by atoms with E-state index in [0.717, 1.165) is 141 Å². The van der Waals surface area contributed by atoms with Gasteiger partial charge in [-0.1, -0.05) is 68.4 Å². The smallest absolute Gasteiger partial charge is 0.319 e. The Morgan fingerprint density at radius 3 is 2.42 bits per heavy atom. The molecule has 6 atom stereocenters. The van der Waals surface area contributed by atoms with Gasteiger partial charge in [0.2, 0.25) is 11.8 Å². The number of amides is 2. The van der Waals surface area contributed by atoms with Crippen LogP contribution in [0.4, 0.5) is 16.0 Å². The number of piperidine rings is 1. The number of hydrogen-bond acceptors (Lipinski definition) is 16. The maximum atomic E-state index is 17.3. The van der Waals surface area contributed by atoms with Crippen LogP contribution in [0, 0.1) is 35.9 Å². The number of piperazine rings is 1. The van der Waals surface area contributed by atoms with Crippen molar-refractivity contribution >= 4 is 56.5 Å². The van der Waals surface area contributed by atoms with Gasteiger partial charge in [0.1, 0.15) is 34.7 Å². The molecule has 5 aliphatic heterocycles. The number of β-amino-alcohol motifs (C(OH)–C–C–N with tert-alkyl or cyclic N) is 1. The summed E-state index contributed by atoms with van der Waals surface area (Å²) in [6.45, 7) is 16.8. The first-order valence-corrected chi connectivity index (χ1v) is 31.0. The highest BCUT2D eigenvalue weighted by Gasteiger charge is 2.47. The molecule has 19 heteroatoms. The predicted molar refractivity (Wildman–Crippen MR) is 319 cm³/mol. The molecule has 17 nitrogen and oxygen atoms in total. The number of anilines is 2. The number of aromatic nitrogens is 5. The molecule has 2 bridgehead atoms. The molecule has 9 heterocycles. The minimum atomic E-state index is -0.812. The number of rotatable bonds is 18. The number of ether oxygens (including phenoxy) is 1. The Morgan fingerprint density at radius 2 is 1.71 bits per heavy atom. The summed E-state index contributed by atoms with van der Waals surface area (Å²) >= 11 is 1.60. The minimum absolute atomic E-state index is 0.0101. The number of aryl methyl sites for hydroxylation is 2. The van der Waals surface area contributed by atoms with E-state index in [4.69, 9.17) is 24.2 Å². The van der Waals surface area contributed by atoms with Gasteiger partial charge in [-0.2, -0.15) is 9.97 Å². The monoisotopic (exact) mass is 1150 g/mol. The molecular formula is C64H76FN11O6S. The Labute approximate surface area is 488 Å². The molecule has 3 aromatic carbocycles. The van der Waals surface area contributed by atoms with E-state index in [1.54, 1.807) is 29.7 Å². The van der Waals surface area contributed by atoms with Gasteiger partial charge >= 0.3 is 6.01 Å². The van der Waals surface area contributed by atoms with E-state index < -0.39 is 23.9 Å². The second-order valence-corrected chi connectivity index (χ2v) is 26.1. The molecule has 5 saturated heterocycles. The first-order valence-electron chi connectivity index (χ1n) is 30.1. The molecule has 2 amide bonds. The van der Waals surface area contributed by atoms with Gasteiger partial charge in [-0.05, 0) is 136 Å². The molecule has 4 aromatic heterocycles. The van der Waals surface area contributed by atoms with Crippen molar-refractivity contribution in [2.45, 2.75) is 129 Å². The van der Waals surface area contributed by atoms with Gasteiger partial charge in [0.25, 0.3) is 0 Å². The van der Waals surface area contributed by atoms with Crippen LogP contribution >= 0.6 is 11.3 Å². The third kappa shape index (κ3) is 11.1. The molecule has 436 valence electrons. The van der Waals surface area contributed by atoms with Crippen molar-refractivity contribution in [3.63, 3.8) is 0 Å². The first kappa shape index (κ1) is 55.4. The van der Waals surface area contributed by atoms with Gasteiger partial charge in [-0.3, -0.25) is 14.6 Å². The molecule has 2 unspecified atom stereocenters. The Bertz CT molecular complexity index is 3530. The summed E-state index contributed by atoms with van der Waals surface area (Å²) in [5.74, 6) is 1.19. The van der Waals surface area contributed by atoms with Crippen LogP contribution in [0.2, 0.25) is 0 Å². The largest absolute Gasteiger partial charge is 0.508 e. The number of aromatic hydroxyl groups is 1. The van der Waals surface area contributed by atoms with Crippen LogP contribution in [-0.2, 0) is 16.0 Å². The minimum Gasteiger partial charge on any atom is -0.508 e. The van der Waals surface area contributed by atoms with Gasteiger partial charge in [-0.25, -0.2) is 9.37 Å². The van der Waals surface area contributed by atoms with Gasteiger partial charge in [0, 0.05) is 81.0 Å². The molecule has 0 radical (unpaired) electrons. The van der Waals surface area contributed by atoms with Crippen LogP contribution < -0.4 is 25.2 Å². The SMILES string of the molecule is CCc1cccc2cc(O)cc(-c3ncc4c(N5CC6CCC(C5)N6)nc(OCC5(CN6CCC(CC7CN(c8cc([C@H](C(=O)N9C[C@H](O)C[C@H]9C(=O)N[C@@H](C)c9ccc(-c%10scnc%10C)cc9)C(C)C)on8)C7)CC6)CC5)nc4c3F)c12. The molecule has 1 aliphatic carbocycles. The summed E-state index contributed by atoms with van der Waals surface area (Å²) in [5.41, 5.74) is 6.74. The van der Waals surface area contributed by atoms with E-state index in [9.17, 15) is 19.8 Å². The fraction of sp³-hybridized carbons (Fsp3) is 0.516. The summed E-state index contributed by atoms with van der Waals surface area (Å²) in [6, 6.07) is 19.0. The lowest BCUT2D eigenvalue weighted by Gasteiger charge is -2.42. The number of hydrogen-bond donors (Lipinski definition) is 4. The number of carbonyl (C=O) groups is 2. The highest BCUT2D eigenvalue weighted by Crippen LogP contribution is 2.48. The normalized spacial score (nSPS) is 22.6. The fourth-order valence-electron chi connectivity index (χ4n) is 14.1. The zero-order valence-corrected chi connectivity index (χ0v) is 49.0. The standard InChI is InChI=1S/C64H76FN11O6S/c1-6-41-8-7-9-44-23-47(77)24-49(55(41)44)57-56(65)58-50(27-66-57)60(75-30-45-14-15-46(31-75)69-45)71-63(70-58)81-34-64(18-19-64)33-73-20-16-39(17-21-73)22-40-28-74(29-40)53-26-52(82-72-53)54(36(2)3)62(80)76-32-48(78)25-51(76)61(79)68-37(4)42-10-12-43(13-11-42)59-38(5)67-35-83-59/h7-13,23-24,26-27,35-37,39-40,45-46,48,51,54,69,77-78H,6,14-22,25,28-34H2,1-5H3,(H,68,79)/t37-,45?,46?,48+,51-,54+/m0/s1. The van der Waals surface area contributed by atoms with Crippen LogP contribution in [0.1, 0.15) is 114 Å².